The number of para-hydroxylation sites is 1. The molecule has 0 aliphatic heterocycles. The van der Waals surface area contributed by atoms with Crippen LogP contribution in [0.5, 0.6) is 5.75 Å². The Morgan fingerprint density at radius 2 is 1.85 bits per heavy atom. The molecule has 0 radical (unpaired) electrons. The van der Waals surface area contributed by atoms with Gasteiger partial charge in [0.15, 0.2) is 0 Å². The molecule has 4 nitrogen and oxygen atoms in total. The lowest BCUT2D eigenvalue weighted by Crippen LogP contribution is -2.39. The van der Waals surface area contributed by atoms with Gasteiger partial charge in [-0.15, -0.1) is 0 Å². The van der Waals surface area contributed by atoms with Crippen LogP contribution in [0.4, 0.5) is 0 Å². The van der Waals surface area contributed by atoms with E-state index in [2.05, 4.69) is 18.7 Å². The molecular weight excluding hydrogens is 254 g/mol. The molecule has 0 saturated heterocycles. The number of methoxy groups -OCH3 is 1. The van der Waals surface area contributed by atoms with E-state index in [1.165, 1.54) is 0 Å². The highest BCUT2D eigenvalue weighted by atomic mass is 16.5. The fraction of sp³-hybridized carbons (Fsp3) is 0.625. The third-order valence-electron chi connectivity index (χ3n) is 2.89. The second-order valence-corrected chi connectivity index (χ2v) is 5.42. The van der Waals surface area contributed by atoms with Crippen molar-refractivity contribution in [1.29, 1.82) is 0 Å². The largest absolute Gasteiger partial charge is 0.491 e. The third-order valence-corrected chi connectivity index (χ3v) is 2.89. The molecule has 0 fully saturated rings. The minimum Gasteiger partial charge on any atom is -0.491 e. The third kappa shape index (κ3) is 7.48. The van der Waals surface area contributed by atoms with Crippen LogP contribution in [-0.2, 0) is 4.74 Å². The number of aliphatic hydroxyl groups excluding tert-OH is 1. The summed E-state index contributed by atoms with van der Waals surface area (Å²) in [5, 5.41) is 10.1. The van der Waals surface area contributed by atoms with E-state index in [1.807, 2.05) is 30.3 Å². The molecule has 0 saturated carbocycles. The van der Waals surface area contributed by atoms with Crippen LogP contribution in [0.3, 0.4) is 0 Å². The molecule has 1 rings (SSSR count). The first kappa shape index (κ1) is 17.0. The zero-order valence-corrected chi connectivity index (χ0v) is 12.8. The minimum absolute atomic E-state index is 0.311. The molecule has 4 heteroatoms. The van der Waals surface area contributed by atoms with Gasteiger partial charge in [-0.25, -0.2) is 0 Å². The Morgan fingerprint density at radius 1 is 1.15 bits per heavy atom. The number of aliphatic hydroxyl groups is 1. The van der Waals surface area contributed by atoms with E-state index in [-0.39, 0.29) is 0 Å². The molecule has 1 N–H and O–H groups in total. The summed E-state index contributed by atoms with van der Waals surface area (Å²) in [7, 11) is 1.70. The summed E-state index contributed by atoms with van der Waals surface area (Å²) in [6, 6.07) is 9.57. The van der Waals surface area contributed by atoms with Crippen molar-refractivity contribution in [2.45, 2.75) is 20.0 Å². The smallest absolute Gasteiger partial charge is 0.119 e. The molecule has 114 valence electrons. The summed E-state index contributed by atoms with van der Waals surface area (Å²) in [4.78, 5) is 2.22. The van der Waals surface area contributed by atoms with Gasteiger partial charge in [0.05, 0.1) is 6.61 Å². The SMILES string of the molecule is COCCN(CC(C)C)C[C@H](O)COc1ccccc1. The lowest BCUT2D eigenvalue weighted by atomic mass is 10.2. The van der Waals surface area contributed by atoms with E-state index >= 15 is 0 Å². The Labute approximate surface area is 122 Å². The molecule has 20 heavy (non-hydrogen) atoms. The van der Waals surface area contributed by atoms with E-state index in [0.717, 1.165) is 18.8 Å². The average molecular weight is 281 g/mol. The van der Waals surface area contributed by atoms with Crippen molar-refractivity contribution in [3.05, 3.63) is 30.3 Å². The summed E-state index contributed by atoms with van der Waals surface area (Å²) < 4.78 is 10.7. The van der Waals surface area contributed by atoms with Crippen LogP contribution in [-0.4, -0.2) is 56.1 Å². The van der Waals surface area contributed by atoms with Crippen molar-refractivity contribution in [2.75, 3.05) is 40.0 Å². The van der Waals surface area contributed by atoms with E-state index < -0.39 is 6.10 Å². The maximum absolute atomic E-state index is 10.1. The lowest BCUT2D eigenvalue weighted by Gasteiger charge is -2.26. The normalized spacial score (nSPS) is 12.9. The van der Waals surface area contributed by atoms with E-state index in [9.17, 15) is 5.11 Å². The molecule has 1 aromatic carbocycles. The van der Waals surface area contributed by atoms with Crippen LogP contribution in [0.2, 0.25) is 0 Å². The molecular formula is C16H27NO3. The Morgan fingerprint density at radius 3 is 2.45 bits per heavy atom. The van der Waals surface area contributed by atoms with Crippen LogP contribution in [0, 0.1) is 5.92 Å². The summed E-state index contributed by atoms with van der Waals surface area (Å²) >= 11 is 0. The number of ether oxygens (including phenoxy) is 2. The van der Waals surface area contributed by atoms with Crippen molar-refractivity contribution < 1.29 is 14.6 Å². The summed E-state index contributed by atoms with van der Waals surface area (Å²) in [5.41, 5.74) is 0. The molecule has 1 aromatic rings. The number of benzene rings is 1. The van der Waals surface area contributed by atoms with Gasteiger partial charge in [-0.2, -0.15) is 0 Å². The first-order valence-electron chi connectivity index (χ1n) is 7.19. The standard InChI is InChI=1S/C16H27NO3/c1-14(2)11-17(9-10-19-3)12-15(18)13-20-16-7-5-4-6-8-16/h4-8,14-15,18H,9-13H2,1-3H3/t15-/m0/s1. The van der Waals surface area contributed by atoms with Crippen LogP contribution >= 0.6 is 0 Å². The van der Waals surface area contributed by atoms with Gasteiger partial charge in [0.1, 0.15) is 18.5 Å². The highest BCUT2D eigenvalue weighted by molar-refractivity contribution is 5.20. The number of hydrogen-bond donors (Lipinski definition) is 1. The Bertz CT molecular complexity index is 343. The minimum atomic E-state index is -0.495. The van der Waals surface area contributed by atoms with E-state index in [1.54, 1.807) is 7.11 Å². The fourth-order valence-electron chi connectivity index (χ4n) is 2.05. The molecule has 0 aromatic heterocycles. The maximum atomic E-state index is 10.1. The van der Waals surface area contributed by atoms with Gasteiger partial charge >= 0.3 is 0 Å². The molecule has 0 aliphatic rings. The van der Waals surface area contributed by atoms with Gasteiger partial charge < -0.3 is 14.6 Å². The van der Waals surface area contributed by atoms with Gasteiger partial charge in [0.2, 0.25) is 0 Å². The summed E-state index contributed by atoms with van der Waals surface area (Å²) in [6.07, 6.45) is -0.495. The highest BCUT2D eigenvalue weighted by Crippen LogP contribution is 2.09. The molecule has 0 amide bonds. The number of hydrogen-bond acceptors (Lipinski definition) is 4. The van der Waals surface area contributed by atoms with Crippen LogP contribution in [0.1, 0.15) is 13.8 Å². The Kier molecular flexibility index (Phi) is 8.26. The molecule has 0 heterocycles. The van der Waals surface area contributed by atoms with Crippen LogP contribution in [0.25, 0.3) is 0 Å². The monoisotopic (exact) mass is 281 g/mol. The maximum Gasteiger partial charge on any atom is 0.119 e. The predicted molar refractivity (Wildman–Crippen MR) is 81.1 cm³/mol. The summed E-state index contributed by atoms with van der Waals surface area (Å²) in [5.74, 6) is 1.35. The van der Waals surface area contributed by atoms with Crippen molar-refractivity contribution in [2.24, 2.45) is 5.92 Å². The fourth-order valence-corrected chi connectivity index (χ4v) is 2.05. The first-order valence-corrected chi connectivity index (χ1v) is 7.19. The van der Waals surface area contributed by atoms with Gasteiger partial charge in [-0.3, -0.25) is 4.90 Å². The zero-order valence-electron chi connectivity index (χ0n) is 12.8. The second kappa shape index (κ2) is 9.75. The predicted octanol–water partition coefficient (Wildman–Crippen LogP) is 2.03. The molecule has 0 aliphatic carbocycles. The van der Waals surface area contributed by atoms with Gasteiger partial charge in [-0.05, 0) is 18.1 Å². The summed E-state index contributed by atoms with van der Waals surface area (Å²) in [6.45, 7) is 7.72. The molecule has 0 unspecified atom stereocenters. The average Bonchev–Trinajstić information content (AvgIpc) is 2.43. The van der Waals surface area contributed by atoms with Gasteiger partial charge in [0, 0.05) is 26.7 Å². The number of nitrogens with zero attached hydrogens (tertiary/aromatic N) is 1. The Hall–Kier alpha value is -1.10. The van der Waals surface area contributed by atoms with Gasteiger partial charge in [0.25, 0.3) is 0 Å². The quantitative estimate of drug-likeness (QED) is 0.712. The number of rotatable bonds is 10. The van der Waals surface area contributed by atoms with Gasteiger partial charge in [-0.1, -0.05) is 32.0 Å². The van der Waals surface area contributed by atoms with Crippen LogP contribution in [0.15, 0.2) is 30.3 Å². The second-order valence-electron chi connectivity index (χ2n) is 5.42. The molecule has 0 bridgehead atoms. The Balaban J connectivity index is 2.34. The lowest BCUT2D eigenvalue weighted by molar-refractivity contribution is 0.0529. The first-order chi connectivity index (χ1) is 9.61. The van der Waals surface area contributed by atoms with E-state index in [0.29, 0.717) is 25.7 Å². The zero-order chi connectivity index (χ0) is 14.8. The van der Waals surface area contributed by atoms with Crippen molar-refractivity contribution >= 4 is 0 Å². The van der Waals surface area contributed by atoms with Crippen molar-refractivity contribution in [3.63, 3.8) is 0 Å². The topological polar surface area (TPSA) is 41.9 Å². The molecule has 0 spiro atoms. The molecule has 1 atom stereocenters. The van der Waals surface area contributed by atoms with Crippen molar-refractivity contribution in [3.8, 4) is 5.75 Å². The van der Waals surface area contributed by atoms with Crippen molar-refractivity contribution in [1.82, 2.24) is 4.90 Å². The van der Waals surface area contributed by atoms with E-state index in [4.69, 9.17) is 9.47 Å². The van der Waals surface area contributed by atoms with Crippen LogP contribution < -0.4 is 4.74 Å². The highest BCUT2D eigenvalue weighted by Gasteiger charge is 2.13.